The number of fused-ring (bicyclic) bond motifs is 1. The number of aromatic nitrogens is 2. The first kappa shape index (κ1) is 22.8. The second kappa shape index (κ2) is 11.0. The van der Waals surface area contributed by atoms with Crippen LogP contribution in [0.3, 0.4) is 0 Å². The molecule has 0 unspecified atom stereocenters. The van der Waals surface area contributed by atoms with Gasteiger partial charge in [-0.05, 0) is 37.3 Å². The van der Waals surface area contributed by atoms with E-state index in [1.54, 1.807) is 12.1 Å². The molecular formula is C27H30N4O. The van der Waals surface area contributed by atoms with Crippen LogP contribution in [-0.2, 0) is 0 Å². The molecule has 0 spiro atoms. The van der Waals surface area contributed by atoms with Crippen molar-refractivity contribution < 1.29 is 0 Å². The van der Waals surface area contributed by atoms with E-state index >= 15 is 0 Å². The third kappa shape index (κ3) is 5.24. The van der Waals surface area contributed by atoms with Crippen molar-refractivity contribution in [3.8, 4) is 5.69 Å². The molecule has 5 heteroatoms. The smallest absolute Gasteiger partial charge is 0.195 e. The zero-order chi connectivity index (χ0) is 22.9. The number of pyridine rings is 2. The molecule has 164 valence electrons. The lowest BCUT2D eigenvalue weighted by atomic mass is 10.1. The van der Waals surface area contributed by atoms with Crippen molar-refractivity contribution in [1.82, 2.24) is 9.55 Å². The molecule has 0 saturated heterocycles. The van der Waals surface area contributed by atoms with E-state index in [4.69, 9.17) is 0 Å². The summed E-state index contributed by atoms with van der Waals surface area (Å²) in [6.07, 6.45) is 3.00. The highest BCUT2D eigenvalue weighted by atomic mass is 16.1. The normalized spacial score (nSPS) is 10.2. The van der Waals surface area contributed by atoms with E-state index in [-0.39, 0.29) is 5.43 Å². The SMILES string of the molecule is C=CCNc1nc(C)cc2c1c(=O)cc(Nc1ccccc1)n2-c1ccccc1.CCC. The molecular weight excluding hydrogens is 396 g/mol. The van der Waals surface area contributed by atoms with Gasteiger partial charge in [-0.25, -0.2) is 4.98 Å². The second-order valence-corrected chi connectivity index (χ2v) is 7.44. The van der Waals surface area contributed by atoms with Crippen LogP contribution >= 0.6 is 0 Å². The van der Waals surface area contributed by atoms with E-state index in [0.29, 0.717) is 23.6 Å². The minimum atomic E-state index is -0.0929. The van der Waals surface area contributed by atoms with Gasteiger partial charge in [0.1, 0.15) is 11.6 Å². The Morgan fingerprint density at radius 1 is 1.00 bits per heavy atom. The summed E-state index contributed by atoms with van der Waals surface area (Å²) in [6.45, 7) is 10.4. The van der Waals surface area contributed by atoms with Gasteiger partial charge in [0.2, 0.25) is 0 Å². The zero-order valence-corrected chi connectivity index (χ0v) is 18.9. The molecule has 0 atom stereocenters. The molecule has 0 bridgehead atoms. The van der Waals surface area contributed by atoms with E-state index in [1.165, 1.54) is 6.42 Å². The molecule has 2 aromatic heterocycles. The Hall–Kier alpha value is -3.86. The fourth-order valence-corrected chi connectivity index (χ4v) is 3.38. The van der Waals surface area contributed by atoms with Crippen LogP contribution in [0.25, 0.3) is 16.6 Å². The number of hydrogen-bond donors (Lipinski definition) is 2. The molecule has 0 aliphatic carbocycles. The summed E-state index contributed by atoms with van der Waals surface area (Å²) in [6, 6.07) is 23.4. The minimum absolute atomic E-state index is 0.0929. The maximum Gasteiger partial charge on any atom is 0.195 e. The van der Waals surface area contributed by atoms with E-state index in [9.17, 15) is 4.79 Å². The van der Waals surface area contributed by atoms with Crippen molar-refractivity contribution in [2.45, 2.75) is 27.2 Å². The number of anilines is 3. The lowest BCUT2D eigenvalue weighted by Gasteiger charge is -2.20. The van der Waals surface area contributed by atoms with E-state index in [1.807, 2.05) is 73.7 Å². The molecule has 0 radical (unpaired) electrons. The quantitative estimate of drug-likeness (QED) is 0.348. The van der Waals surface area contributed by atoms with Crippen LogP contribution in [0.15, 0.2) is 90.2 Å². The van der Waals surface area contributed by atoms with E-state index in [2.05, 4.69) is 40.6 Å². The second-order valence-electron chi connectivity index (χ2n) is 7.44. The molecule has 0 aliphatic heterocycles. The van der Waals surface area contributed by atoms with Gasteiger partial charge < -0.3 is 10.6 Å². The van der Waals surface area contributed by atoms with Gasteiger partial charge in [0.15, 0.2) is 5.43 Å². The molecule has 4 aromatic rings. The van der Waals surface area contributed by atoms with E-state index in [0.717, 1.165) is 22.6 Å². The number of aryl methyl sites for hydroxylation is 1. The van der Waals surface area contributed by atoms with Crippen LogP contribution in [0.5, 0.6) is 0 Å². The first-order valence-corrected chi connectivity index (χ1v) is 10.9. The lowest BCUT2D eigenvalue weighted by Crippen LogP contribution is -2.15. The summed E-state index contributed by atoms with van der Waals surface area (Å²) in [5, 5.41) is 7.15. The Labute approximate surface area is 189 Å². The minimum Gasteiger partial charge on any atom is -0.366 e. The Bertz CT molecular complexity index is 1230. The fraction of sp³-hybridized carbons (Fsp3) is 0.185. The topological polar surface area (TPSA) is 59.0 Å². The summed E-state index contributed by atoms with van der Waals surface area (Å²) in [5.41, 5.74) is 3.39. The van der Waals surface area contributed by atoms with Crippen molar-refractivity contribution in [2.75, 3.05) is 17.2 Å². The zero-order valence-electron chi connectivity index (χ0n) is 18.9. The molecule has 4 rings (SSSR count). The van der Waals surface area contributed by atoms with Gasteiger partial charge in [-0.1, -0.05) is 62.7 Å². The summed E-state index contributed by atoms with van der Waals surface area (Å²) in [4.78, 5) is 17.7. The van der Waals surface area contributed by atoms with Crippen LogP contribution < -0.4 is 16.1 Å². The first-order chi connectivity index (χ1) is 15.6. The van der Waals surface area contributed by atoms with Gasteiger partial charge in [-0.2, -0.15) is 0 Å². The van der Waals surface area contributed by atoms with Crippen molar-refractivity contribution in [3.05, 3.63) is 101 Å². The number of nitrogens with zero attached hydrogens (tertiary/aromatic N) is 2. The Morgan fingerprint density at radius 3 is 2.25 bits per heavy atom. The van der Waals surface area contributed by atoms with Crippen LogP contribution in [0.4, 0.5) is 17.3 Å². The van der Waals surface area contributed by atoms with Gasteiger partial charge in [0, 0.05) is 29.7 Å². The lowest BCUT2D eigenvalue weighted by molar-refractivity contribution is 1.08. The van der Waals surface area contributed by atoms with Crippen LogP contribution in [0.1, 0.15) is 26.0 Å². The maximum absolute atomic E-state index is 13.1. The van der Waals surface area contributed by atoms with Gasteiger partial charge in [-0.15, -0.1) is 6.58 Å². The van der Waals surface area contributed by atoms with Gasteiger partial charge in [-0.3, -0.25) is 9.36 Å². The third-order valence-corrected chi connectivity index (χ3v) is 4.60. The van der Waals surface area contributed by atoms with Crippen molar-refractivity contribution in [1.29, 1.82) is 0 Å². The summed E-state index contributed by atoms with van der Waals surface area (Å²) in [5.74, 6) is 1.26. The number of nitrogens with one attached hydrogen (secondary N) is 2. The molecule has 32 heavy (non-hydrogen) atoms. The Balaban J connectivity index is 0.000000913. The molecule has 2 heterocycles. The predicted molar refractivity (Wildman–Crippen MR) is 136 cm³/mol. The van der Waals surface area contributed by atoms with Crippen LogP contribution in [-0.4, -0.2) is 16.1 Å². The highest BCUT2D eigenvalue weighted by Gasteiger charge is 2.16. The van der Waals surface area contributed by atoms with E-state index < -0.39 is 0 Å². The summed E-state index contributed by atoms with van der Waals surface area (Å²) in [7, 11) is 0. The van der Waals surface area contributed by atoms with Gasteiger partial charge in [0.25, 0.3) is 0 Å². The standard InChI is InChI=1S/C24H22N4O.C3H8/c1-3-14-25-24-23-20(15-17(2)26-24)28(19-12-8-5-9-13-19)22(16-21(23)29)27-18-10-6-4-7-11-18;1-3-2/h3-13,15-16,27H,1,14H2,2H3,(H,25,26);3H2,1-2H3. The molecule has 2 aromatic carbocycles. The first-order valence-electron chi connectivity index (χ1n) is 10.9. The molecule has 0 fully saturated rings. The van der Waals surface area contributed by atoms with Crippen molar-refractivity contribution >= 4 is 28.2 Å². The molecule has 0 aliphatic rings. The van der Waals surface area contributed by atoms with Crippen LogP contribution in [0.2, 0.25) is 0 Å². The van der Waals surface area contributed by atoms with Crippen molar-refractivity contribution in [3.63, 3.8) is 0 Å². The monoisotopic (exact) mass is 426 g/mol. The summed E-state index contributed by atoms with van der Waals surface area (Å²) >= 11 is 0. The largest absolute Gasteiger partial charge is 0.366 e. The molecule has 5 nitrogen and oxygen atoms in total. The molecule has 2 N–H and O–H groups in total. The van der Waals surface area contributed by atoms with Gasteiger partial charge in [0.05, 0.1) is 10.9 Å². The highest BCUT2D eigenvalue weighted by molar-refractivity contribution is 5.92. The molecule has 0 amide bonds. The number of hydrogen-bond acceptors (Lipinski definition) is 4. The average molecular weight is 427 g/mol. The number of benzene rings is 2. The number of para-hydroxylation sites is 2. The van der Waals surface area contributed by atoms with Crippen LogP contribution in [0, 0.1) is 6.92 Å². The Morgan fingerprint density at radius 2 is 1.62 bits per heavy atom. The van der Waals surface area contributed by atoms with Gasteiger partial charge >= 0.3 is 0 Å². The highest BCUT2D eigenvalue weighted by Crippen LogP contribution is 2.28. The van der Waals surface area contributed by atoms with Crippen molar-refractivity contribution in [2.24, 2.45) is 0 Å². The number of rotatable bonds is 6. The predicted octanol–water partition coefficient (Wildman–Crippen LogP) is 6.45. The molecule has 0 saturated carbocycles. The fourth-order valence-electron chi connectivity index (χ4n) is 3.38. The third-order valence-electron chi connectivity index (χ3n) is 4.60. The maximum atomic E-state index is 13.1. The average Bonchev–Trinajstić information content (AvgIpc) is 2.79. The Kier molecular flexibility index (Phi) is 7.81. The summed E-state index contributed by atoms with van der Waals surface area (Å²) < 4.78 is 2.05.